The van der Waals surface area contributed by atoms with Gasteiger partial charge in [0.05, 0.1) is 26.3 Å². The number of nitrogens with zero attached hydrogens (tertiary/aromatic N) is 4. The minimum absolute atomic E-state index is 0.0146. The fourth-order valence-electron chi connectivity index (χ4n) is 6.58. The highest BCUT2D eigenvalue weighted by Gasteiger charge is 2.50. The number of methoxy groups -OCH3 is 2. The van der Waals surface area contributed by atoms with E-state index in [1.54, 1.807) is 6.07 Å². The molecule has 14 heteroatoms. The van der Waals surface area contributed by atoms with Crippen molar-refractivity contribution in [3.05, 3.63) is 95.9 Å². The third-order valence-corrected chi connectivity index (χ3v) is 14.0. The number of aromatic nitrogens is 4. The van der Waals surface area contributed by atoms with Gasteiger partial charge in [0.15, 0.2) is 11.3 Å². The number of hydrogen-bond acceptors (Lipinski definition) is 9. The molecule has 2 aromatic heterocycles. The Bertz CT molecular complexity index is 1970. The molecule has 0 aliphatic heterocycles. The third-order valence-electron chi connectivity index (χ3n) is 8.98. The maximum Gasteiger partial charge on any atom is 0.413 e. The number of aromatic carboxylic acids is 1. The zero-order valence-corrected chi connectivity index (χ0v) is 31.3. The third kappa shape index (κ3) is 8.08. The van der Waals surface area contributed by atoms with Crippen LogP contribution in [0.3, 0.4) is 0 Å². The van der Waals surface area contributed by atoms with Gasteiger partial charge in [-0.15, -0.1) is 5.10 Å². The topological polar surface area (TPSA) is 150 Å². The molecule has 3 N–H and O–H groups in total. The molecule has 0 aliphatic carbocycles. The molecule has 0 unspecified atom stereocenters. The minimum atomic E-state index is -2.80. The Morgan fingerprint density at radius 2 is 1.62 bits per heavy atom. The molecular formula is C38H45FN6O6Si. The number of halogens is 1. The van der Waals surface area contributed by atoms with E-state index in [-0.39, 0.29) is 46.0 Å². The number of carboxylic acid groups (broad SMARTS) is 1. The molecule has 3 aromatic carbocycles. The number of benzene rings is 3. The molecule has 12 nitrogen and oxygen atoms in total. The Kier molecular flexibility index (Phi) is 11.9. The van der Waals surface area contributed by atoms with Crippen LogP contribution in [-0.4, -0.2) is 72.1 Å². The predicted molar refractivity (Wildman–Crippen MR) is 201 cm³/mol. The summed E-state index contributed by atoms with van der Waals surface area (Å²) in [6.45, 7) is 9.21. The maximum atomic E-state index is 15.6. The van der Waals surface area contributed by atoms with Gasteiger partial charge in [-0.05, 0) is 40.4 Å². The van der Waals surface area contributed by atoms with E-state index >= 15 is 4.39 Å². The first-order chi connectivity index (χ1) is 24.9. The van der Waals surface area contributed by atoms with Gasteiger partial charge >= 0.3 is 12.1 Å². The van der Waals surface area contributed by atoms with Crippen molar-refractivity contribution in [2.45, 2.75) is 64.6 Å². The Morgan fingerprint density at radius 3 is 2.17 bits per heavy atom. The van der Waals surface area contributed by atoms with Gasteiger partial charge < -0.3 is 24.3 Å². The van der Waals surface area contributed by atoms with E-state index in [1.807, 2.05) is 12.1 Å². The second-order valence-corrected chi connectivity index (χ2v) is 17.7. The number of carbonyl (C=O) groups is 2. The van der Waals surface area contributed by atoms with Crippen LogP contribution in [0.2, 0.25) is 5.04 Å². The van der Waals surface area contributed by atoms with Crippen LogP contribution in [0, 0.1) is 5.95 Å². The van der Waals surface area contributed by atoms with Crippen molar-refractivity contribution >= 4 is 53.6 Å². The minimum Gasteiger partial charge on any atom is -0.496 e. The van der Waals surface area contributed by atoms with Crippen molar-refractivity contribution in [3.63, 3.8) is 0 Å². The van der Waals surface area contributed by atoms with E-state index in [9.17, 15) is 14.7 Å². The highest BCUT2D eigenvalue weighted by molar-refractivity contribution is 6.99. The van der Waals surface area contributed by atoms with Crippen molar-refractivity contribution in [3.8, 4) is 5.75 Å². The normalized spacial score (nSPS) is 12.4. The fourth-order valence-corrected chi connectivity index (χ4v) is 11.2. The standard InChI is InChI=1S/C38H45FN6O6Si/c1-7-14-27(21-22-51-52(38(2,3)4,28-15-10-8-11-16-28)29-17-12-9-13-18-29)40-34-32-31(41-36(42-34)43-37(48)50-6)33(39)44-45(32)24-26-20-19-25(35(46)47)23-30(26)49-5/h8-13,15-20,23,27H,7,14,21-22,24H2,1-6H3,(H,46,47)(H2,40,41,42,43,48)/t27-/m0/s1. The molecule has 0 bridgehead atoms. The predicted octanol–water partition coefficient (Wildman–Crippen LogP) is 6.45. The largest absolute Gasteiger partial charge is 0.496 e. The monoisotopic (exact) mass is 728 g/mol. The first kappa shape index (κ1) is 37.9. The van der Waals surface area contributed by atoms with Gasteiger partial charge in [-0.3, -0.25) is 10.00 Å². The highest BCUT2D eigenvalue weighted by atomic mass is 28.4. The van der Waals surface area contributed by atoms with Crippen LogP contribution in [-0.2, 0) is 15.7 Å². The molecule has 1 atom stereocenters. The summed E-state index contributed by atoms with van der Waals surface area (Å²) in [7, 11) is -0.169. The maximum absolute atomic E-state index is 15.6. The van der Waals surface area contributed by atoms with Gasteiger partial charge in [0, 0.05) is 18.2 Å². The summed E-state index contributed by atoms with van der Waals surface area (Å²) in [5.74, 6) is -1.60. The average molecular weight is 729 g/mol. The van der Waals surface area contributed by atoms with E-state index in [0.717, 1.165) is 12.8 Å². The van der Waals surface area contributed by atoms with Crippen molar-refractivity contribution in [2.75, 3.05) is 31.5 Å². The number of carboxylic acids is 1. The Balaban J connectivity index is 1.52. The second-order valence-electron chi connectivity index (χ2n) is 13.4. The zero-order valence-electron chi connectivity index (χ0n) is 30.3. The lowest BCUT2D eigenvalue weighted by Gasteiger charge is -2.43. The summed E-state index contributed by atoms with van der Waals surface area (Å²) in [5, 5.41) is 21.7. The molecule has 52 heavy (non-hydrogen) atoms. The van der Waals surface area contributed by atoms with Crippen molar-refractivity contribution in [2.24, 2.45) is 0 Å². The number of carbonyl (C=O) groups excluding carboxylic acids is 1. The van der Waals surface area contributed by atoms with Crippen LogP contribution in [0.4, 0.5) is 21.0 Å². The summed E-state index contributed by atoms with van der Waals surface area (Å²) in [5.41, 5.74) is 0.738. The number of fused-ring (bicyclic) bond motifs is 1. The average Bonchev–Trinajstić information content (AvgIpc) is 3.44. The second kappa shape index (κ2) is 16.3. The van der Waals surface area contributed by atoms with Crippen LogP contribution < -0.4 is 25.7 Å². The van der Waals surface area contributed by atoms with Gasteiger partial charge in [-0.1, -0.05) is 101 Å². The smallest absolute Gasteiger partial charge is 0.413 e. The number of anilines is 2. The van der Waals surface area contributed by atoms with E-state index in [2.05, 4.69) is 102 Å². The van der Waals surface area contributed by atoms with E-state index in [0.29, 0.717) is 24.3 Å². The summed E-state index contributed by atoms with van der Waals surface area (Å²) in [6, 6.07) is 25.1. The molecule has 0 spiro atoms. The lowest BCUT2D eigenvalue weighted by Crippen LogP contribution is -2.66. The summed E-state index contributed by atoms with van der Waals surface area (Å²) in [6.07, 6.45) is 1.34. The number of ether oxygens (including phenoxy) is 2. The molecule has 0 radical (unpaired) electrons. The van der Waals surface area contributed by atoms with Crippen LogP contribution >= 0.6 is 0 Å². The van der Waals surface area contributed by atoms with Crippen LogP contribution in [0.15, 0.2) is 78.9 Å². The van der Waals surface area contributed by atoms with E-state index < -0.39 is 26.3 Å². The lowest BCUT2D eigenvalue weighted by atomic mass is 10.1. The van der Waals surface area contributed by atoms with Gasteiger partial charge in [0.25, 0.3) is 14.3 Å². The first-order valence-electron chi connectivity index (χ1n) is 17.1. The van der Waals surface area contributed by atoms with Crippen LogP contribution in [0.25, 0.3) is 11.0 Å². The van der Waals surface area contributed by atoms with Gasteiger partial charge in [-0.25, -0.2) is 14.6 Å². The Hall–Kier alpha value is -5.34. The van der Waals surface area contributed by atoms with Gasteiger partial charge in [0.2, 0.25) is 5.95 Å². The Morgan fingerprint density at radius 1 is 0.962 bits per heavy atom. The van der Waals surface area contributed by atoms with Gasteiger partial charge in [-0.2, -0.15) is 9.37 Å². The van der Waals surface area contributed by atoms with E-state index in [4.69, 9.17) is 13.9 Å². The molecule has 5 aromatic rings. The quantitative estimate of drug-likeness (QED) is 0.103. The molecule has 0 fully saturated rings. The molecule has 0 saturated carbocycles. The summed E-state index contributed by atoms with van der Waals surface area (Å²) in [4.78, 5) is 32.6. The van der Waals surface area contributed by atoms with Crippen LogP contribution in [0.1, 0.15) is 62.9 Å². The molecule has 2 heterocycles. The molecule has 0 saturated heterocycles. The number of nitrogens with one attached hydrogen (secondary N) is 2. The van der Waals surface area contributed by atoms with E-state index in [1.165, 1.54) is 41.4 Å². The fraction of sp³-hybridized carbons (Fsp3) is 0.342. The van der Waals surface area contributed by atoms with Crippen LogP contribution in [0.5, 0.6) is 5.75 Å². The SMILES string of the molecule is CCC[C@@H](CCO[Si](c1ccccc1)(c1ccccc1)C(C)(C)C)Nc1nc(NC(=O)OC)nc2c(F)nn(Cc3ccc(C(=O)O)cc3OC)c12. The molecule has 5 rings (SSSR count). The number of amides is 1. The zero-order chi connectivity index (χ0) is 37.5. The lowest BCUT2D eigenvalue weighted by molar-refractivity contribution is 0.0696. The molecular weight excluding hydrogens is 684 g/mol. The van der Waals surface area contributed by atoms with Crippen molar-refractivity contribution in [1.29, 1.82) is 0 Å². The summed E-state index contributed by atoms with van der Waals surface area (Å²) < 4.78 is 34.4. The summed E-state index contributed by atoms with van der Waals surface area (Å²) >= 11 is 0. The Labute approximate surface area is 303 Å². The highest BCUT2D eigenvalue weighted by Crippen LogP contribution is 2.37. The molecule has 0 aliphatic rings. The molecule has 274 valence electrons. The van der Waals surface area contributed by atoms with Crippen molar-refractivity contribution in [1.82, 2.24) is 19.7 Å². The molecule has 1 amide bonds. The number of rotatable bonds is 15. The first-order valence-corrected chi connectivity index (χ1v) is 19.0. The number of hydrogen-bond donors (Lipinski definition) is 3. The van der Waals surface area contributed by atoms with Crippen molar-refractivity contribution < 1.29 is 33.0 Å². The van der Waals surface area contributed by atoms with Gasteiger partial charge in [0.1, 0.15) is 11.3 Å².